The van der Waals surface area contributed by atoms with Gasteiger partial charge in [0.25, 0.3) is 0 Å². The second-order valence-corrected chi connectivity index (χ2v) is 6.68. The van der Waals surface area contributed by atoms with E-state index in [0.29, 0.717) is 29.8 Å². The SMILES string of the molecule is Cn1nc(CSc2nnc(C3CC3)n2CCC(N)=O)cc1Cl. The van der Waals surface area contributed by atoms with Gasteiger partial charge in [-0.15, -0.1) is 10.2 Å². The van der Waals surface area contributed by atoms with Gasteiger partial charge in [-0.25, -0.2) is 0 Å². The van der Waals surface area contributed by atoms with Crippen LogP contribution in [0.1, 0.15) is 36.7 Å². The molecule has 0 aliphatic heterocycles. The molecule has 22 heavy (non-hydrogen) atoms. The van der Waals surface area contributed by atoms with Gasteiger partial charge in [0.15, 0.2) is 5.16 Å². The van der Waals surface area contributed by atoms with Crippen LogP contribution in [0.2, 0.25) is 5.15 Å². The van der Waals surface area contributed by atoms with Crippen LogP contribution in [0.15, 0.2) is 11.2 Å². The van der Waals surface area contributed by atoms with Crippen molar-refractivity contribution < 1.29 is 4.79 Å². The third kappa shape index (κ3) is 3.44. The molecule has 2 N–H and O–H groups in total. The molecule has 1 saturated carbocycles. The van der Waals surface area contributed by atoms with Crippen LogP contribution in [0.5, 0.6) is 0 Å². The van der Waals surface area contributed by atoms with Crippen molar-refractivity contribution in [3.63, 3.8) is 0 Å². The van der Waals surface area contributed by atoms with Crippen LogP contribution in [-0.2, 0) is 24.1 Å². The van der Waals surface area contributed by atoms with Crippen molar-refractivity contribution in [1.29, 1.82) is 0 Å². The number of aromatic nitrogens is 5. The van der Waals surface area contributed by atoms with Gasteiger partial charge in [-0.2, -0.15) is 5.10 Å². The van der Waals surface area contributed by atoms with E-state index in [2.05, 4.69) is 15.3 Å². The molecule has 0 saturated heterocycles. The van der Waals surface area contributed by atoms with E-state index in [1.807, 2.05) is 10.6 Å². The minimum Gasteiger partial charge on any atom is -0.370 e. The van der Waals surface area contributed by atoms with Crippen LogP contribution in [-0.4, -0.2) is 30.5 Å². The zero-order valence-electron chi connectivity index (χ0n) is 12.2. The molecule has 0 unspecified atom stereocenters. The maximum atomic E-state index is 11.1. The van der Waals surface area contributed by atoms with Crippen LogP contribution in [0.3, 0.4) is 0 Å². The van der Waals surface area contributed by atoms with E-state index in [0.717, 1.165) is 29.5 Å². The predicted molar refractivity (Wildman–Crippen MR) is 83.6 cm³/mol. The van der Waals surface area contributed by atoms with Crippen molar-refractivity contribution >= 4 is 29.3 Å². The van der Waals surface area contributed by atoms with E-state index < -0.39 is 0 Å². The largest absolute Gasteiger partial charge is 0.370 e. The highest BCUT2D eigenvalue weighted by atomic mass is 35.5. The van der Waals surface area contributed by atoms with E-state index in [1.165, 1.54) is 0 Å². The number of amides is 1. The molecule has 7 nitrogen and oxygen atoms in total. The van der Waals surface area contributed by atoms with Gasteiger partial charge in [0, 0.05) is 31.7 Å². The molecule has 0 spiro atoms. The lowest BCUT2D eigenvalue weighted by Gasteiger charge is -2.07. The average molecular weight is 341 g/mol. The number of carbonyl (C=O) groups excluding carboxylic acids is 1. The van der Waals surface area contributed by atoms with Crippen LogP contribution >= 0.6 is 23.4 Å². The molecular weight excluding hydrogens is 324 g/mol. The van der Waals surface area contributed by atoms with Gasteiger partial charge in [-0.05, 0) is 18.9 Å². The first kappa shape index (κ1) is 15.4. The minimum atomic E-state index is -0.317. The molecule has 2 aromatic heterocycles. The maximum absolute atomic E-state index is 11.1. The normalized spacial score (nSPS) is 14.5. The molecule has 118 valence electrons. The Morgan fingerprint density at radius 2 is 2.27 bits per heavy atom. The molecule has 2 heterocycles. The highest BCUT2D eigenvalue weighted by Crippen LogP contribution is 2.40. The summed E-state index contributed by atoms with van der Waals surface area (Å²) in [4.78, 5) is 11.1. The van der Waals surface area contributed by atoms with Crippen LogP contribution in [0, 0.1) is 0 Å². The summed E-state index contributed by atoms with van der Waals surface area (Å²) in [7, 11) is 1.80. The quantitative estimate of drug-likeness (QED) is 0.775. The number of nitrogens with two attached hydrogens (primary N) is 1. The fraction of sp³-hybridized carbons (Fsp3) is 0.538. The predicted octanol–water partition coefficient (Wildman–Crippen LogP) is 1.71. The summed E-state index contributed by atoms with van der Waals surface area (Å²) in [6.45, 7) is 0.527. The maximum Gasteiger partial charge on any atom is 0.219 e. The second kappa shape index (κ2) is 6.29. The van der Waals surface area contributed by atoms with Gasteiger partial charge in [-0.1, -0.05) is 23.4 Å². The minimum absolute atomic E-state index is 0.292. The fourth-order valence-electron chi connectivity index (χ4n) is 2.19. The van der Waals surface area contributed by atoms with E-state index in [-0.39, 0.29) is 5.91 Å². The van der Waals surface area contributed by atoms with Gasteiger partial charge in [0.05, 0.1) is 5.69 Å². The smallest absolute Gasteiger partial charge is 0.219 e. The van der Waals surface area contributed by atoms with Gasteiger partial charge in [0.1, 0.15) is 11.0 Å². The lowest BCUT2D eigenvalue weighted by atomic mass is 10.3. The summed E-state index contributed by atoms with van der Waals surface area (Å²) < 4.78 is 3.64. The molecule has 1 fully saturated rings. The van der Waals surface area contributed by atoms with Crippen LogP contribution in [0.4, 0.5) is 0 Å². The molecule has 9 heteroatoms. The summed E-state index contributed by atoms with van der Waals surface area (Å²) in [5.41, 5.74) is 6.14. The molecule has 2 aromatic rings. The van der Waals surface area contributed by atoms with E-state index in [9.17, 15) is 4.79 Å². The van der Waals surface area contributed by atoms with Gasteiger partial charge < -0.3 is 10.3 Å². The second-order valence-electron chi connectivity index (χ2n) is 5.35. The Kier molecular flexibility index (Phi) is 4.39. The summed E-state index contributed by atoms with van der Waals surface area (Å²) in [5, 5.41) is 14.2. The Morgan fingerprint density at radius 3 is 2.86 bits per heavy atom. The Hall–Kier alpha value is -1.54. The number of hydrogen-bond donors (Lipinski definition) is 1. The number of rotatable bonds is 7. The number of aryl methyl sites for hydroxylation is 1. The van der Waals surface area contributed by atoms with Crippen molar-refractivity contribution in [3.05, 3.63) is 22.7 Å². The Labute approximate surface area is 137 Å². The highest BCUT2D eigenvalue weighted by molar-refractivity contribution is 7.98. The van der Waals surface area contributed by atoms with Gasteiger partial charge in [0.2, 0.25) is 5.91 Å². The third-order valence-corrected chi connectivity index (χ3v) is 4.85. The number of nitrogens with zero attached hydrogens (tertiary/aromatic N) is 5. The van der Waals surface area contributed by atoms with Crippen LogP contribution < -0.4 is 5.73 Å². The van der Waals surface area contributed by atoms with Crippen molar-refractivity contribution in [2.75, 3.05) is 0 Å². The monoisotopic (exact) mass is 340 g/mol. The zero-order valence-corrected chi connectivity index (χ0v) is 13.8. The number of thioether (sulfide) groups is 1. The number of primary amides is 1. The summed E-state index contributed by atoms with van der Waals surface area (Å²) in [6, 6.07) is 1.83. The first-order valence-electron chi connectivity index (χ1n) is 7.07. The standard InChI is InChI=1S/C13H17ClN6OS/c1-19-10(14)6-9(18-19)7-22-13-17-16-12(8-2-3-8)20(13)5-4-11(15)21/h6,8H,2-5,7H2,1H3,(H2,15,21). The fourth-order valence-corrected chi connectivity index (χ4v) is 3.21. The number of halogens is 1. The summed E-state index contributed by atoms with van der Waals surface area (Å²) >= 11 is 7.53. The molecule has 0 atom stereocenters. The molecule has 1 aliphatic rings. The number of carbonyl (C=O) groups is 1. The Morgan fingerprint density at radius 1 is 1.50 bits per heavy atom. The van der Waals surface area contributed by atoms with E-state index >= 15 is 0 Å². The van der Waals surface area contributed by atoms with Crippen LogP contribution in [0.25, 0.3) is 0 Å². The van der Waals surface area contributed by atoms with Crippen molar-refractivity contribution in [3.8, 4) is 0 Å². The van der Waals surface area contributed by atoms with E-state index in [1.54, 1.807) is 23.5 Å². The topological polar surface area (TPSA) is 91.6 Å². The molecule has 0 radical (unpaired) electrons. The summed E-state index contributed by atoms with van der Waals surface area (Å²) in [6.07, 6.45) is 2.56. The van der Waals surface area contributed by atoms with Crippen molar-refractivity contribution in [1.82, 2.24) is 24.5 Å². The zero-order chi connectivity index (χ0) is 15.7. The molecule has 1 aliphatic carbocycles. The Bertz CT molecular complexity index is 673. The molecule has 0 aromatic carbocycles. The van der Waals surface area contributed by atoms with Crippen molar-refractivity contribution in [2.45, 2.75) is 42.6 Å². The molecule has 1 amide bonds. The first-order chi connectivity index (χ1) is 10.5. The highest BCUT2D eigenvalue weighted by Gasteiger charge is 2.30. The lowest BCUT2D eigenvalue weighted by Crippen LogP contribution is -2.15. The van der Waals surface area contributed by atoms with Crippen molar-refractivity contribution in [2.24, 2.45) is 12.8 Å². The van der Waals surface area contributed by atoms with E-state index in [4.69, 9.17) is 17.3 Å². The molecule has 3 rings (SSSR count). The first-order valence-corrected chi connectivity index (χ1v) is 8.43. The molecular formula is C13H17ClN6OS. The average Bonchev–Trinajstić information content (AvgIpc) is 3.15. The lowest BCUT2D eigenvalue weighted by molar-refractivity contribution is -0.118. The third-order valence-electron chi connectivity index (χ3n) is 3.49. The number of hydrogen-bond acceptors (Lipinski definition) is 5. The van der Waals surface area contributed by atoms with Gasteiger partial charge >= 0.3 is 0 Å². The summed E-state index contributed by atoms with van der Waals surface area (Å²) in [5.74, 6) is 1.77. The molecule has 0 bridgehead atoms. The van der Waals surface area contributed by atoms with Gasteiger partial charge in [-0.3, -0.25) is 9.48 Å². The Balaban J connectivity index is 1.73.